The zero-order valence-corrected chi connectivity index (χ0v) is 24.3. The number of rotatable bonds is 12. The Kier molecular flexibility index (Phi) is 10.1. The minimum atomic E-state index is -0.0897. The van der Waals surface area contributed by atoms with Gasteiger partial charge in [0.05, 0.1) is 29.8 Å². The van der Waals surface area contributed by atoms with Crippen LogP contribution < -0.4 is 15.7 Å². The molecule has 4 rings (SSSR count). The smallest absolute Gasteiger partial charge is 0.254 e. The summed E-state index contributed by atoms with van der Waals surface area (Å²) >= 11 is 1.74. The molecule has 1 amide bonds. The number of hydroxylamine groups is 1. The Hall–Kier alpha value is -3.27. The van der Waals surface area contributed by atoms with Crippen molar-refractivity contribution in [2.45, 2.75) is 58.7 Å². The molecule has 9 heteroatoms. The molecule has 0 saturated carbocycles. The fraction of sp³-hybridized carbons (Fsp3) is 0.433. The van der Waals surface area contributed by atoms with Crippen molar-refractivity contribution in [1.29, 1.82) is 0 Å². The summed E-state index contributed by atoms with van der Waals surface area (Å²) in [6.07, 6.45) is 4.60. The largest absolute Gasteiger partial charge is 0.364 e. The number of benzene rings is 1. The number of aryl methyl sites for hydroxylation is 2. The molecule has 1 saturated heterocycles. The Morgan fingerprint density at radius 3 is 2.49 bits per heavy atom. The van der Waals surface area contributed by atoms with Gasteiger partial charge in [0.15, 0.2) is 0 Å². The monoisotopic (exact) mass is 548 g/mol. The van der Waals surface area contributed by atoms with Crippen molar-refractivity contribution < 1.29 is 9.63 Å². The highest BCUT2D eigenvalue weighted by Crippen LogP contribution is 2.28. The second kappa shape index (κ2) is 13.7. The molecule has 2 aromatic heterocycles. The summed E-state index contributed by atoms with van der Waals surface area (Å²) < 4.78 is 0. The van der Waals surface area contributed by atoms with Crippen LogP contribution in [0.3, 0.4) is 0 Å². The lowest BCUT2D eigenvalue weighted by molar-refractivity contribution is 0.0943. The van der Waals surface area contributed by atoms with Crippen LogP contribution in [0.2, 0.25) is 0 Å². The predicted octanol–water partition coefficient (Wildman–Crippen LogP) is 4.96. The van der Waals surface area contributed by atoms with Crippen molar-refractivity contribution in [2.75, 3.05) is 31.6 Å². The number of likely N-dealkylation sites (tertiary alicyclic amines) is 1. The molecule has 0 bridgehead atoms. The van der Waals surface area contributed by atoms with E-state index in [9.17, 15) is 4.79 Å². The Morgan fingerprint density at radius 1 is 1.18 bits per heavy atom. The van der Waals surface area contributed by atoms with Gasteiger partial charge in [-0.15, -0.1) is 0 Å². The summed E-state index contributed by atoms with van der Waals surface area (Å²) in [5, 5.41) is 7.46. The maximum atomic E-state index is 12.7. The molecule has 1 aromatic carbocycles. The number of amides is 1. The van der Waals surface area contributed by atoms with Gasteiger partial charge in [0.25, 0.3) is 5.91 Å². The number of hydrogen-bond donors (Lipinski definition) is 2. The summed E-state index contributed by atoms with van der Waals surface area (Å²) in [4.78, 5) is 31.1. The van der Waals surface area contributed by atoms with Crippen LogP contribution in [-0.2, 0) is 11.4 Å². The molecule has 1 atom stereocenters. The molecule has 0 unspecified atom stereocenters. The first kappa shape index (κ1) is 28.7. The standard InChI is InChI=1S/C30H40N6O2S/c1-21(10-14-31-30(37)29-23(3)32-20-33-24(29)4)35-15-11-28(12-16-35)36(18-25-13-17-39-19-25)27-8-6-26(7-9-27)22(2)34-38-5/h6-9,13,17,19-21,28,34H,2,10-12,14-16,18H2,1,3-5H3,(H,31,37)/t21-/m1/s1. The molecule has 0 radical (unpaired) electrons. The molecule has 8 nitrogen and oxygen atoms in total. The zero-order valence-electron chi connectivity index (χ0n) is 23.4. The SMILES string of the molecule is C=C(NOC)c1ccc(N(Cc2ccsc2)C2CCN([C@H](C)CCNC(=O)c3c(C)ncnc3C)CC2)cc1. The van der Waals surface area contributed by atoms with E-state index in [1.54, 1.807) is 18.4 Å². The van der Waals surface area contributed by atoms with Gasteiger partial charge >= 0.3 is 0 Å². The summed E-state index contributed by atoms with van der Waals surface area (Å²) in [5.41, 5.74) is 9.16. The first-order valence-corrected chi connectivity index (χ1v) is 14.5. The van der Waals surface area contributed by atoms with Crippen LogP contribution in [0.25, 0.3) is 5.70 Å². The molecule has 2 N–H and O–H groups in total. The number of nitrogens with one attached hydrogen (secondary N) is 2. The van der Waals surface area contributed by atoms with Crippen LogP contribution in [0.5, 0.6) is 0 Å². The number of piperidine rings is 1. The Bertz CT molecular complexity index is 1200. The molecular formula is C30H40N6O2S. The number of thiophene rings is 1. The minimum Gasteiger partial charge on any atom is -0.364 e. The fourth-order valence-electron chi connectivity index (χ4n) is 5.27. The van der Waals surface area contributed by atoms with E-state index in [4.69, 9.17) is 4.84 Å². The van der Waals surface area contributed by atoms with Crippen molar-refractivity contribution in [2.24, 2.45) is 0 Å². The van der Waals surface area contributed by atoms with E-state index < -0.39 is 0 Å². The van der Waals surface area contributed by atoms with Gasteiger partial charge < -0.3 is 15.1 Å². The van der Waals surface area contributed by atoms with Gasteiger partial charge in [-0.05, 0) is 80.1 Å². The number of nitrogens with zero attached hydrogens (tertiary/aromatic N) is 4. The van der Waals surface area contributed by atoms with Crippen LogP contribution in [0.15, 0.2) is 54.0 Å². The summed E-state index contributed by atoms with van der Waals surface area (Å²) in [5.74, 6) is -0.0897. The Balaban J connectivity index is 1.33. The molecular weight excluding hydrogens is 508 g/mol. The minimum absolute atomic E-state index is 0.0897. The average Bonchev–Trinajstić information content (AvgIpc) is 3.45. The van der Waals surface area contributed by atoms with Crippen LogP contribution in [0.4, 0.5) is 5.69 Å². The molecule has 3 aromatic rings. The van der Waals surface area contributed by atoms with Crippen LogP contribution in [-0.4, -0.2) is 59.6 Å². The zero-order chi connectivity index (χ0) is 27.8. The highest BCUT2D eigenvalue weighted by Gasteiger charge is 2.27. The van der Waals surface area contributed by atoms with E-state index in [-0.39, 0.29) is 5.91 Å². The molecule has 1 aliphatic rings. The average molecular weight is 549 g/mol. The lowest BCUT2D eigenvalue weighted by Gasteiger charge is -2.42. The molecule has 3 heterocycles. The van der Waals surface area contributed by atoms with E-state index in [1.165, 1.54) is 17.6 Å². The Morgan fingerprint density at radius 2 is 1.87 bits per heavy atom. The van der Waals surface area contributed by atoms with Gasteiger partial charge in [-0.1, -0.05) is 18.7 Å². The molecule has 0 spiro atoms. The van der Waals surface area contributed by atoms with E-state index in [0.29, 0.717) is 35.6 Å². The molecule has 0 aliphatic carbocycles. The topological polar surface area (TPSA) is 82.6 Å². The number of aromatic nitrogens is 2. The van der Waals surface area contributed by atoms with Crippen molar-refractivity contribution in [1.82, 2.24) is 25.7 Å². The third-order valence-electron chi connectivity index (χ3n) is 7.57. The number of anilines is 1. The fourth-order valence-corrected chi connectivity index (χ4v) is 5.93. The third-order valence-corrected chi connectivity index (χ3v) is 8.30. The van der Waals surface area contributed by atoms with Gasteiger partial charge in [-0.25, -0.2) is 9.97 Å². The highest BCUT2D eigenvalue weighted by molar-refractivity contribution is 7.07. The van der Waals surface area contributed by atoms with Crippen molar-refractivity contribution in [3.05, 3.63) is 82.1 Å². The maximum Gasteiger partial charge on any atom is 0.254 e. The number of carbonyl (C=O) groups is 1. The number of carbonyl (C=O) groups excluding carboxylic acids is 1. The van der Waals surface area contributed by atoms with Crippen LogP contribution >= 0.6 is 11.3 Å². The first-order chi connectivity index (χ1) is 18.9. The van der Waals surface area contributed by atoms with Crippen molar-refractivity contribution in [3.8, 4) is 0 Å². The molecule has 1 aliphatic heterocycles. The van der Waals surface area contributed by atoms with Gasteiger partial charge in [-0.3, -0.25) is 15.1 Å². The summed E-state index contributed by atoms with van der Waals surface area (Å²) in [6, 6.07) is 11.6. The summed E-state index contributed by atoms with van der Waals surface area (Å²) in [7, 11) is 1.59. The Labute approximate surface area is 236 Å². The lowest BCUT2D eigenvalue weighted by Crippen LogP contribution is -2.48. The maximum absolute atomic E-state index is 12.7. The van der Waals surface area contributed by atoms with Gasteiger partial charge in [-0.2, -0.15) is 11.3 Å². The van der Waals surface area contributed by atoms with Gasteiger partial charge in [0.2, 0.25) is 0 Å². The first-order valence-electron chi connectivity index (χ1n) is 13.5. The van der Waals surface area contributed by atoms with Crippen LogP contribution in [0, 0.1) is 13.8 Å². The normalized spacial score (nSPS) is 15.1. The lowest BCUT2D eigenvalue weighted by atomic mass is 9.99. The van der Waals surface area contributed by atoms with Gasteiger partial charge in [0, 0.05) is 44.0 Å². The van der Waals surface area contributed by atoms with Crippen molar-refractivity contribution in [3.63, 3.8) is 0 Å². The number of hydrogen-bond acceptors (Lipinski definition) is 8. The van der Waals surface area contributed by atoms with E-state index in [0.717, 1.165) is 50.2 Å². The van der Waals surface area contributed by atoms with E-state index >= 15 is 0 Å². The summed E-state index contributed by atoms with van der Waals surface area (Å²) in [6.45, 7) is 13.6. The van der Waals surface area contributed by atoms with Crippen molar-refractivity contribution >= 4 is 28.6 Å². The van der Waals surface area contributed by atoms with Crippen LogP contribution in [0.1, 0.15) is 59.1 Å². The predicted molar refractivity (Wildman–Crippen MR) is 159 cm³/mol. The van der Waals surface area contributed by atoms with E-state index in [2.05, 4.69) is 85.2 Å². The molecule has 1 fully saturated rings. The second-order valence-corrected chi connectivity index (χ2v) is 11.0. The molecule has 208 valence electrons. The quantitative estimate of drug-likeness (QED) is 0.310. The third kappa shape index (κ3) is 7.44. The van der Waals surface area contributed by atoms with Gasteiger partial charge in [0.1, 0.15) is 6.33 Å². The highest BCUT2D eigenvalue weighted by atomic mass is 32.1. The second-order valence-electron chi connectivity index (χ2n) is 10.2. The molecule has 39 heavy (non-hydrogen) atoms. The van der Waals surface area contributed by atoms with E-state index in [1.807, 2.05) is 13.8 Å².